The first-order valence-corrected chi connectivity index (χ1v) is 6.39. The summed E-state index contributed by atoms with van der Waals surface area (Å²) in [6, 6.07) is 0.138. The number of nitrogens with two attached hydrogens (primary N) is 1. The second-order valence-electron chi connectivity index (χ2n) is 5.04. The van der Waals surface area contributed by atoms with E-state index in [9.17, 15) is 4.79 Å². The van der Waals surface area contributed by atoms with Crippen LogP contribution >= 0.6 is 12.4 Å². The van der Waals surface area contributed by atoms with Crippen molar-refractivity contribution in [2.75, 3.05) is 19.7 Å². The summed E-state index contributed by atoms with van der Waals surface area (Å²) in [5, 5.41) is 0. The first kappa shape index (κ1) is 15.7. The van der Waals surface area contributed by atoms with Crippen molar-refractivity contribution in [2.45, 2.75) is 51.0 Å². The number of halogens is 1. The lowest BCUT2D eigenvalue weighted by molar-refractivity contribution is -0.154. The van der Waals surface area contributed by atoms with Gasteiger partial charge < -0.3 is 20.1 Å². The lowest BCUT2D eigenvalue weighted by Crippen LogP contribution is -2.53. The van der Waals surface area contributed by atoms with E-state index >= 15 is 0 Å². The Kier molecular flexibility index (Phi) is 5.85. The molecule has 2 aliphatic heterocycles. The Morgan fingerprint density at radius 1 is 1.39 bits per heavy atom. The maximum atomic E-state index is 12.3. The SMILES string of the molecule is CC1CN(C(=O)[C@@H]2CC[C@H](CN)O2)C(C)CO1.Cl. The zero-order chi connectivity index (χ0) is 12.4. The van der Waals surface area contributed by atoms with Crippen LogP contribution in [0.2, 0.25) is 0 Å². The number of nitrogens with zero attached hydrogens (tertiary/aromatic N) is 1. The molecule has 2 fully saturated rings. The summed E-state index contributed by atoms with van der Waals surface area (Å²) < 4.78 is 11.2. The van der Waals surface area contributed by atoms with Crippen molar-refractivity contribution in [3.05, 3.63) is 0 Å². The molecule has 2 heterocycles. The van der Waals surface area contributed by atoms with E-state index in [1.165, 1.54) is 0 Å². The number of carbonyl (C=O) groups is 1. The van der Waals surface area contributed by atoms with Gasteiger partial charge in [0, 0.05) is 13.1 Å². The van der Waals surface area contributed by atoms with Gasteiger partial charge in [-0.2, -0.15) is 0 Å². The maximum absolute atomic E-state index is 12.3. The Hall–Kier alpha value is -0.360. The third-order valence-electron chi connectivity index (χ3n) is 3.54. The van der Waals surface area contributed by atoms with Crippen molar-refractivity contribution in [1.82, 2.24) is 4.90 Å². The van der Waals surface area contributed by atoms with E-state index in [2.05, 4.69) is 0 Å². The molecule has 2 aliphatic rings. The fraction of sp³-hybridized carbons (Fsp3) is 0.917. The van der Waals surface area contributed by atoms with E-state index in [1.807, 2.05) is 18.7 Å². The van der Waals surface area contributed by atoms with Gasteiger partial charge in [-0.3, -0.25) is 4.79 Å². The smallest absolute Gasteiger partial charge is 0.252 e. The van der Waals surface area contributed by atoms with Crippen molar-refractivity contribution >= 4 is 18.3 Å². The number of hydrogen-bond acceptors (Lipinski definition) is 4. The molecule has 0 aromatic carbocycles. The molecule has 0 aliphatic carbocycles. The van der Waals surface area contributed by atoms with Gasteiger partial charge >= 0.3 is 0 Å². The van der Waals surface area contributed by atoms with Crippen LogP contribution in [0.25, 0.3) is 0 Å². The van der Waals surface area contributed by atoms with Crippen molar-refractivity contribution in [2.24, 2.45) is 5.73 Å². The van der Waals surface area contributed by atoms with Gasteiger partial charge in [0.15, 0.2) is 0 Å². The summed E-state index contributed by atoms with van der Waals surface area (Å²) in [4.78, 5) is 14.2. The van der Waals surface area contributed by atoms with Gasteiger partial charge in [0.1, 0.15) is 6.10 Å². The van der Waals surface area contributed by atoms with Crippen molar-refractivity contribution < 1.29 is 14.3 Å². The van der Waals surface area contributed by atoms with E-state index in [1.54, 1.807) is 0 Å². The maximum Gasteiger partial charge on any atom is 0.252 e. The Labute approximate surface area is 114 Å². The van der Waals surface area contributed by atoms with Crippen LogP contribution in [-0.2, 0) is 14.3 Å². The normalized spacial score (nSPS) is 36.3. The van der Waals surface area contributed by atoms with Gasteiger partial charge in [-0.1, -0.05) is 0 Å². The molecule has 5 nitrogen and oxygen atoms in total. The summed E-state index contributed by atoms with van der Waals surface area (Å²) in [5.41, 5.74) is 5.55. The molecule has 2 unspecified atom stereocenters. The van der Waals surface area contributed by atoms with Crippen molar-refractivity contribution in [1.29, 1.82) is 0 Å². The third-order valence-corrected chi connectivity index (χ3v) is 3.54. The minimum absolute atomic E-state index is 0. The molecule has 2 N–H and O–H groups in total. The summed E-state index contributed by atoms with van der Waals surface area (Å²) in [5.74, 6) is 0.101. The Morgan fingerprint density at radius 2 is 2.11 bits per heavy atom. The summed E-state index contributed by atoms with van der Waals surface area (Å²) in [7, 11) is 0. The lowest BCUT2D eigenvalue weighted by atomic mass is 10.1. The fourth-order valence-electron chi connectivity index (χ4n) is 2.46. The van der Waals surface area contributed by atoms with Gasteiger partial charge in [0.2, 0.25) is 0 Å². The monoisotopic (exact) mass is 278 g/mol. The molecule has 2 saturated heterocycles. The number of rotatable bonds is 2. The molecular weight excluding hydrogens is 256 g/mol. The largest absolute Gasteiger partial charge is 0.375 e. The van der Waals surface area contributed by atoms with Gasteiger partial charge in [-0.15, -0.1) is 12.4 Å². The number of morpholine rings is 1. The van der Waals surface area contributed by atoms with E-state index in [0.29, 0.717) is 19.7 Å². The van der Waals surface area contributed by atoms with Crippen LogP contribution < -0.4 is 5.73 Å². The first-order chi connectivity index (χ1) is 8.11. The summed E-state index contributed by atoms with van der Waals surface area (Å²) >= 11 is 0. The highest BCUT2D eigenvalue weighted by Gasteiger charge is 2.36. The third kappa shape index (κ3) is 3.35. The van der Waals surface area contributed by atoms with Gasteiger partial charge in [0.05, 0.1) is 24.9 Å². The number of ether oxygens (including phenoxy) is 2. The van der Waals surface area contributed by atoms with Crippen LogP contribution in [-0.4, -0.2) is 54.9 Å². The molecule has 0 radical (unpaired) electrons. The van der Waals surface area contributed by atoms with E-state index in [4.69, 9.17) is 15.2 Å². The Bertz CT molecular complexity index is 290. The van der Waals surface area contributed by atoms with Crippen LogP contribution in [0.3, 0.4) is 0 Å². The molecular formula is C12H23ClN2O3. The van der Waals surface area contributed by atoms with Crippen LogP contribution in [0.15, 0.2) is 0 Å². The number of amides is 1. The molecule has 106 valence electrons. The zero-order valence-corrected chi connectivity index (χ0v) is 11.8. The quantitative estimate of drug-likeness (QED) is 0.801. The highest BCUT2D eigenvalue weighted by atomic mass is 35.5. The lowest BCUT2D eigenvalue weighted by Gasteiger charge is -2.38. The van der Waals surface area contributed by atoms with Crippen LogP contribution in [0.1, 0.15) is 26.7 Å². The highest BCUT2D eigenvalue weighted by molar-refractivity contribution is 5.85. The zero-order valence-electron chi connectivity index (χ0n) is 11.0. The number of hydrogen-bond donors (Lipinski definition) is 1. The highest BCUT2D eigenvalue weighted by Crippen LogP contribution is 2.23. The molecule has 0 spiro atoms. The molecule has 0 bridgehead atoms. The summed E-state index contributed by atoms with van der Waals surface area (Å²) in [6.07, 6.45) is 1.55. The average molecular weight is 279 g/mol. The number of carbonyl (C=O) groups excluding carboxylic acids is 1. The van der Waals surface area contributed by atoms with Gasteiger partial charge in [-0.05, 0) is 26.7 Å². The molecule has 18 heavy (non-hydrogen) atoms. The predicted octanol–water partition coefficient (Wildman–Crippen LogP) is 0.550. The standard InChI is InChI=1S/C12H22N2O3.ClH/c1-8-7-16-9(2)6-14(8)12(15)11-4-3-10(5-13)17-11;/h8-11H,3-7,13H2,1-2H3;1H/t8?,9?,10-,11+;/m1./s1. The Balaban J connectivity index is 0.00000162. The molecule has 6 heteroatoms. The van der Waals surface area contributed by atoms with Crippen molar-refractivity contribution in [3.63, 3.8) is 0 Å². The van der Waals surface area contributed by atoms with Crippen LogP contribution in [0.4, 0.5) is 0 Å². The molecule has 2 rings (SSSR count). The minimum atomic E-state index is -0.295. The Morgan fingerprint density at radius 3 is 2.72 bits per heavy atom. The topological polar surface area (TPSA) is 64.8 Å². The minimum Gasteiger partial charge on any atom is -0.375 e. The second kappa shape index (κ2) is 6.70. The van der Waals surface area contributed by atoms with Crippen LogP contribution in [0, 0.1) is 0 Å². The van der Waals surface area contributed by atoms with Crippen molar-refractivity contribution in [3.8, 4) is 0 Å². The molecule has 0 saturated carbocycles. The van der Waals surface area contributed by atoms with Gasteiger partial charge in [-0.25, -0.2) is 0 Å². The average Bonchev–Trinajstić information content (AvgIpc) is 2.80. The van der Waals surface area contributed by atoms with E-state index in [-0.39, 0.29) is 42.7 Å². The van der Waals surface area contributed by atoms with Gasteiger partial charge in [0.25, 0.3) is 5.91 Å². The molecule has 4 atom stereocenters. The molecule has 0 aromatic rings. The molecule has 1 amide bonds. The first-order valence-electron chi connectivity index (χ1n) is 6.39. The second-order valence-corrected chi connectivity index (χ2v) is 5.04. The van der Waals surface area contributed by atoms with E-state index < -0.39 is 0 Å². The summed E-state index contributed by atoms with van der Waals surface area (Å²) in [6.45, 7) is 5.77. The van der Waals surface area contributed by atoms with Crippen LogP contribution in [0.5, 0.6) is 0 Å². The predicted molar refractivity (Wildman–Crippen MR) is 70.8 cm³/mol. The fourth-order valence-corrected chi connectivity index (χ4v) is 2.46. The van der Waals surface area contributed by atoms with E-state index in [0.717, 1.165) is 12.8 Å². The molecule has 0 aromatic heterocycles.